The number of sulfonamides is 1. The number of anilines is 1. The maximum atomic E-state index is 13.8. The average molecular weight is 555 g/mol. The molecule has 1 saturated carbocycles. The Balaban J connectivity index is 1.93. The van der Waals surface area contributed by atoms with E-state index < -0.39 is 28.5 Å². The van der Waals surface area contributed by atoms with Crippen molar-refractivity contribution in [2.45, 2.75) is 64.1 Å². The molecule has 0 radical (unpaired) electrons. The zero-order chi connectivity index (χ0) is 26.3. The normalized spacial score (nSPS) is 15.2. The monoisotopic (exact) mass is 553 g/mol. The van der Waals surface area contributed by atoms with Crippen molar-refractivity contribution >= 4 is 50.7 Å². The summed E-state index contributed by atoms with van der Waals surface area (Å²) < 4.78 is 26.3. The smallest absolute Gasteiger partial charge is 0.244 e. The molecule has 1 aliphatic carbocycles. The van der Waals surface area contributed by atoms with Gasteiger partial charge in [-0.15, -0.1) is 0 Å². The van der Waals surface area contributed by atoms with E-state index in [9.17, 15) is 18.0 Å². The minimum Gasteiger partial charge on any atom is -0.352 e. The van der Waals surface area contributed by atoms with Crippen LogP contribution in [0.25, 0.3) is 0 Å². The summed E-state index contributed by atoms with van der Waals surface area (Å²) in [7, 11) is -3.85. The molecule has 1 fully saturated rings. The van der Waals surface area contributed by atoms with E-state index in [1.807, 2.05) is 6.92 Å². The molecule has 196 valence electrons. The summed E-state index contributed by atoms with van der Waals surface area (Å²) in [5.74, 6) is -0.764. The van der Waals surface area contributed by atoms with Gasteiger partial charge < -0.3 is 10.2 Å². The Hall–Kier alpha value is -2.29. The molecule has 7 nitrogen and oxygen atoms in total. The highest BCUT2D eigenvalue weighted by atomic mass is 35.5. The number of amides is 2. The molecule has 0 aliphatic heterocycles. The molecule has 0 spiro atoms. The predicted molar refractivity (Wildman–Crippen MR) is 145 cm³/mol. The van der Waals surface area contributed by atoms with Crippen molar-refractivity contribution in [3.63, 3.8) is 0 Å². The van der Waals surface area contributed by atoms with Gasteiger partial charge in [-0.25, -0.2) is 8.42 Å². The van der Waals surface area contributed by atoms with Crippen LogP contribution in [0.3, 0.4) is 0 Å². The Morgan fingerprint density at radius 1 is 1.00 bits per heavy atom. The van der Waals surface area contributed by atoms with Gasteiger partial charge in [0.1, 0.15) is 12.6 Å². The first-order chi connectivity index (χ1) is 17.1. The third-order valence-corrected chi connectivity index (χ3v) is 8.25. The van der Waals surface area contributed by atoms with Crippen molar-refractivity contribution in [2.75, 3.05) is 17.1 Å². The molecule has 1 aliphatic rings. The maximum absolute atomic E-state index is 13.8. The van der Waals surface area contributed by atoms with Gasteiger partial charge in [-0.05, 0) is 43.0 Å². The Kier molecular flexibility index (Phi) is 10.0. The molecule has 0 heterocycles. The van der Waals surface area contributed by atoms with Crippen LogP contribution in [0.5, 0.6) is 0 Å². The van der Waals surface area contributed by atoms with E-state index in [4.69, 9.17) is 23.2 Å². The van der Waals surface area contributed by atoms with Crippen LogP contribution in [0.1, 0.15) is 51.0 Å². The first-order valence-electron chi connectivity index (χ1n) is 12.2. The molecule has 36 heavy (non-hydrogen) atoms. The average Bonchev–Trinajstić information content (AvgIpc) is 2.84. The molecule has 10 heteroatoms. The number of carbonyl (C=O) groups is 2. The molecule has 3 rings (SSSR count). The fraction of sp³-hybridized carbons (Fsp3) is 0.462. The number of benzene rings is 2. The maximum Gasteiger partial charge on any atom is 0.244 e. The lowest BCUT2D eigenvalue weighted by Crippen LogP contribution is -2.54. The van der Waals surface area contributed by atoms with Crippen molar-refractivity contribution in [3.8, 4) is 0 Å². The van der Waals surface area contributed by atoms with Gasteiger partial charge in [0, 0.05) is 17.6 Å². The van der Waals surface area contributed by atoms with E-state index in [1.165, 1.54) is 4.90 Å². The second kappa shape index (κ2) is 12.8. The second-order valence-corrected chi connectivity index (χ2v) is 11.8. The first-order valence-corrected chi connectivity index (χ1v) is 14.8. The fourth-order valence-corrected chi connectivity index (χ4v) is 5.87. The standard InChI is InChI=1S/C26H33Cl2N3O4S/c1-3-23(26(33)29-20-12-5-4-6-13-20)30(17-19-11-7-8-14-21(19)27)25(32)18-31(36(2,34)35)24-16-10-9-15-22(24)28/h7-11,14-16,20,23H,3-6,12-13,17-18H2,1-2H3,(H,29,33)/t23-/m0/s1. The van der Waals surface area contributed by atoms with Gasteiger partial charge in [0.15, 0.2) is 0 Å². The number of rotatable bonds is 10. The van der Waals surface area contributed by atoms with Crippen molar-refractivity contribution in [2.24, 2.45) is 0 Å². The van der Waals surface area contributed by atoms with E-state index >= 15 is 0 Å². The number of nitrogens with zero attached hydrogens (tertiary/aromatic N) is 2. The van der Waals surface area contributed by atoms with E-state index in [2.05, 4.69) is 5.32 Å². The number of halogens is 2. The lowest BCUT2D eigenvalue weighted by molar-refractivity contribution is -0.140. The Morgan fingerprint density at radius 3 is 2.19 bits per heavy atom. The summed E-state index contributed by atoms with van der Waals surface area (Å²) in [4.78, 5) is 28.6. The summed E-state index contributed by atoms with van der Waals surface area (Å²) in [6.07, 6.45) is 6.49. The van der Waals surface area contributed by atoms with Crippen LogP contribution < -0.4 is 9.62 Å². The molecule has 1 N–H and O–H groups in total. The van der Waals surface area contributed by atoms with Crippen LogP contribution >= 0.6 is 23.2 Å². The zero-order valence-corrected chi connectivity index (χ0v) is 23.0. The Morgan fingerprint density at radius 2 is 1.61 bits per heavy atom. The van der Waals surface area contributed by atoms with Gasteiger partial charge in [-0.3, -0.25) is 13.9 Å². The number of carbonyl (C=O) groups excluding carboxylic acids is 2. The first kappa shape index (κ1) is 28.3. The van der Waals surface area contributed by atoms with E-state index in [0.29, 0.717) is 17.0 Å². The largest absolute Gasteiger partial charge is 0.352 e. The van der Waals surface area contributed by atoms with Crippen molar-refractivity contribution in [3.05, 3.63) is 64.1 Å². The quantitative estimate of drug-likeness (QED) is 0.447. The van der Waals surface area contributed by atoms with E-state index in [1.54, 1.807) is 48.5 Å². The van der Waals surface area contributed by atoms with Crippen LogP contribution in [-0.2, 0) is 26.2 Å². The molecule has 0 aromatic heterocycles. The van der Waals surface area contributed by atoms with Gasteiger partial charge in [-0.1, -0.05) is 79.7 Å². The molecular formula is C26H33Cl2N3O4S. The molecule has 0 unspecified atom stereocenters. The van der Waals surface area contributed by atoms with Crippen LogP contribution in [0, 0.1) is 0 Å². The van der Waals surface area contributed by atoms with Crippen molar-refractivity contribution in [1.82, 2.24) is 10.2 Å². The highest BCUT2D eigenvalue weighted by Gasteiger charge is 2.33. The number of para-hydroxylation sites is 1. The van der Waals surface area contributed by atoms with Crippen LogP contribution in [0.15, 0.2) is 48.5 Å². The number of nitrogens with one attached hydrogen (secondary N) is 1. The summed E-state index contributed by atoms with van der Waals surface area (Å²) in [6.45, 7) is 1.40. The second-order valence-electron chi connectivity index (χ2n) is 9.10. The number of hydrogen-bond donors (Lipinski definition) is 1. The molecule has 0 bridgehead atoms. The Labute approximate surface area is 223 Å². The summed E-state index contributed by atoms with van der Waals surface area (Å²) in [6, 6.07) is 12.8. The molecule has 2 aromatic rings. The van der Waals surface area contributed by atoms with E-state index in [0.717, 1.165) is 42.7 Å². The van der Waals surface area contributed by atoms with Gasteiger partial charge >= 0.3 is 0 Å². The van der Waals surface area contributed by atoms with Crippen LogP contribution in [0.4, 0.5) is 5.69 Å². The molecule has 1 atom stereocenters. The van der Waals surface area contributed by atoms with Crippen LogP contribution in [0.2, 0.25) is 10.0 Å². The van der Waals surface area contributed by atoms with E-state index in [-0.39, 0.29) is 29.2 Å². The van der Waals surface area contributed by atoms with Crippen molar-refractivity contribution in [1.29, 1.82) is 0 Å². The topological polar surface area (TPSA) is 86.8 Å². The fourth-order valence-electron chi connectivity index (χ4n) is 4.52. The summed E-state index contributed by atoms with van der Waals surface area (Å²) >= 11 is 12.7. The van der Waals surface area contributed by atoms with Gasteiger partial charge in [0.05, 0.1) is 17.0 Å². The number of hydrogen-bond acceptors (Lipinski definition) is 4. The van der Waals surface area contributed by atoms with Gasteiger partial charge in [-0.2, -0.15) is 0 Å². The molecule has 2 aromatic carbocycles. The zero-order valence-electron chi connectivity index (χ0n) is 20.6. The lowest BCUT2D eigenvalue weighted by Gasteiger charge is -2.34. The lowest BCUT2D eigenvalue weighted by atomic mass is 9.95. The van der Waals surface area contributed by atoms with Gasteiger partial charge in [0.25, 0.3) is 0 Å². The minimum atomic E-state index is -3.85. The van der Waals surface area contributed by atoms with Crippen molar-refractivity contribution < 1.29 is 18.0 Å². The Bertz CT molecular complexity index is 1170. The minimum absolute atomic E-state index is 0.0647. The third kappa shape index (κ3) is 7.37. The molecule has 0 saturated heterocycles. The highest BCUT2D eigenvalue weighted by molar-refractivity contribution is 7.92. The van der Waals surface area contributed by atoms with Gasteiger partial charge in [0.2, 0.25) is 21.8 Å². The van der Waals surface area contributed by atoms with Crippen LogP contribution in [-0.4, -0.2) is 50.0 Å². The summed E-state index contributed by atoms with van der Waals surface area (Å²) in [5.41, 5.74) is 0.868. The molecule has 2 amide bonds. The third-order valence-electron chi connectivity index (χ3n) is 6.44. The highest BCUT2D eigenvalue weighted by Crippen LogP contribution is 2.28. The SMILES string of the molecule is CC[C@@H](C(=O)NC1CCCCC1)N(Cc1ccccc1Cl)C(=O)CN(c1ccccc1Cl)S(C)(=O)=O. The predicted octanol–water partition coefficient (Wildman–Crippen LogP) is 5.02. The molecular weight excluding hydrogens is 521 g/mol. The summed E-state index contributed by atoms with van der Waals surface area (Å²) in [5, 5.41) is 3.78.